The highest BCUT2D eigenvalue weighted by Gasteiger charge is 2.18. The maximum atomic E-state index is 12.5. The second kappa shape index (κ2) is 5.97. The molecule has 0 spiro atoms. The van der Waals surface area contributed by atoms with Crippen LogP contribution in [-0.4, -0.2) is 37.1 Å². The summed E-state index contributed by atoms with van der Waals surface area (Å²) in [6, 6.07) is 15.4. The molecule has 108 valence electrons. The SMILES string of the molecule is Nc1ccc(-c2cccc(C(=O)N3CCOCC3)c2)cc1. The van der Waals surface area contributed by atoms with Gasteiger partial charge in [-0.05, 0) is 35.4 Å². The normalized spacial score (nSPS) is 15.0. The quantitative estimate of drug-likeness (QED) is 0.861. The molecule has 1 heterocycles. The van der Waals surface area contributed by atoms with Crippen molar-refractivity contribution in [3.05, 3.63) is 54.1 Å². The van der Waals surface area contributed by atoms with E-state index in [2.05, 4.69) is 0 Å². The summed E-state index contributed by atoms with van der Waals surface area (Å²) in [5, 5.41) is 0. The van der Waals surface area contributed by atoms with Crippen molar-refractivity contribution in [2.75, 3.05) is 32.0 Å². The first-order valence-corrected chi connectivity index (χ1v) is 7.07. The molecule has 1 fully saturated rings. The summed E-state index contributed by atoms with van der Waals surface area (Å²) in [7, 11) is 0. The summed E-state index contributed by atoms with van der Waals surface area (Å²) in [5.74, 6) is 0.0654. The Balaban J connectivity index is 1.85. The molecule has 2 aromatic carbocycles. The minimum atomic E-state index is 0.0654. The van der Waals surface area contributed by atoms with Gasteiger partial charge in [0.25, 0.3) is 5.91 Å². The molecular weight excluding hydrogens is 264 g/mol. The van der Waals surface area contributed by atoms with E-state index in [9.17, 15) is 4.79 Å². The van der Waals surface area contributed by atoms with E-state index < -0.39 is 0 Å². The number of ether oxygens (including phenoxy) is 1. The third-order valence-electron chi connectivity index (χ3n) is 3.65. The molecule has 1 aliphatic rings. The van der Waals surface area contributed by atoms with E-state index in [0.29, 0.717) is 31.9 Å². The van der Waals surface area contributed by atoms with Crippen molar-refractivity contribution in [3.8, 4) is 11.1 Å². The molecule has 3 rings (SSSR count). The lowest BCUT2D eigenvalue weighted by Crippen LogP contribution is -2.40. The van der Waals surface area contributed by atoms with E-state index in [1.807, 2.05) is 53.4 Å². The molecule has 0 aromatic heterocycles. The topological polar surface area (TPSA) is 55.6 Å². The fourth-order valence-corrected chi connectivity index (χ4v) is 2.46. The molecule has 4 nitrogen and oxygen atoms in total. The van der Waals surface area contributed by atoms with Crippen LogP contribution in [0.15, 0.2) is 48.5 Å². The van der Waals surface area contributed by atoms with Gasteiger partial charge in [-0.25, -0.2) is 0 Å². The van der Waals surface area contributed by atoms with Crippen LogP contribution in [0.5, 0.6) is 0 Å². The number of nitrogens with two attached hydrogens (primary N) is 1. The third-order valence-corrected chi connectivity index (χ3v) is 3.65. The first-order valence-electron chi connectivity index (χ1n) is 7.07. The molecular formula is C17H18N2O2. The summed E-state index contributed by atoms with van der Waals surface area (Å²) >= 11 is 0. The second-order valence-electron chi connectivity index (χ2n) is 5.11. The molecule has 0 saturated carbocycles. The lowest BCUT2D eigenvalue weighted by molar-refractivity contribution is 0.0303. The molecule has 2 N–H and O–H groups in total. The monoisotopic (exact) mass is 282 g/mol. The first-order chi connectivity index (χ1) is 10.2. The van der Waals surface area contributed by atoms with Crippen molar-refractivity contribution >= 4 is 11.6 Å². The number of hydrogen-bond donors (Lipinski definition) is 1. The molecule has 1 aliphatic heterocycles. The van der Waals surface area contributed by atoms with Crippen LogP contribution in [0.25, 0.3) is 11.1 Å². The van der Waals surface area contributed by atoms with Crippen molar-refractivity contribution in [2.24, 2.45) is 0 Å². The summed E-state index contributed by atoms with van der Waals surface area (Å²) in [5.41, 5.74) is 9.24. The maximum absolute atomic E-state index is 12.5. The maximum Gasteiger partial charge on any atom is 0.254 e. The zero-order valence-corrected chi connectivity index (χ0v) is 11.8. The van der Waals surface area contributed by atoms with Crippen molar-refractivity contribution < 1.29 is 9.53 Å². The van der Waals surface area contributed by atoms with Gasteiger partial charge in [0.2, 0.25) is 0 Å². The number of rotatable bonds is 2. The molecule has 21 heavy (non-hydrogen) atoms. The minimum Gasteiger partial charge on any atom is -0.399 e. The van der Waals surface area contributed by atoms with Crippen molar-refractivity contribution in [1.29, 1.82) is 0 Å². The molecule has 0 atom stereocenters. The Bertz CT molecular complexity index is 631. The largest absolute Gasteiger partial charge is 0.399 e. The molecule has 4 heteroatoms. The van der Waals surface area contributed by atoms with Crippen molar-refractivity contribution in [2.45, 2.75) is 0 Å². The predicted octanol–water partition coefficient (Wildman–Crippen LogP) is 2.41. The van der Waals surface area contributed by atoms with Crippen molar-refractivity contribution in [1.82, 2.24) is 4.90 Å². The zero-order valence-electron chi connectivity index (χ0n) is 11.8. The highest BCUT2D eigenvalue weighted by Crippen LogP contribution is 2.22. The number of carbonyl (C=O) groups is 1. The van der Waals surface area contributed by atoms with Gasteiger partial charge < -0.3 is 15.4 Å². The van der Waals surface area contributed by atoms with Crippen LogP contribution in [0.4, 0.5) is 5.69 Å². The van der Waals surface area contributed by atoms with Crippen LogP contribution in [0.3, 0.4) is 0 Å². The number of amides is 1. The van der Waals surface area contributed by atoms with Gasteiger partial charge in [-0.15, -0.1) is 0 Å². The van der Waals surface area contributed by atoms with Crippen LogP contribution in [0, 0.1) is 0 Å². The standard InChI is InChI=1S/C17H18N2O2/c18-16-6-4-13(5-7-16)14-2-1-3-15(12-14)17(20)19-8-10-21-11-9-19/h1-7,12H,8-11,18H2. The highest BCUT2D eigenvalue weighted by molar-refractivity contribution is 5.95. The Labute approximate surface area is 124 Å². The summed E-state index contributed by atoms with van der Waals surface area (Å²) < 4.78 is 5.28. The molecule has 2 aromatic rings. The Hall–Kier alpha value is -2.33. The average Bonchev–Trinajstić information content (AvgIpc) is 2.56. The van der Waals surface area contributed by atoms with Crippen LogP contribution < -0.4 is 5.73 Å². The van der Waals surface area contributed by atoms with Crippen LogP contribution in [-0.2, 0) is 4.74 Å². The molecule has 1 saturated heterocycles. The van der Waals surface area contributed by atoms with E-state index >= 15 is 0 Å². The summed E-state index contributed by atoms with van der Waals surface area (Å²) in [6.45, 7) is 2.54. The second-order valence-corrected chi connectivity index (χ2v) is 5.11. The van der Waals surface area contributed by atoms with Crippen LogP contribution in [0.1, 0.15) is 10.4 Å². The number of nitrogen functional groups attached to an aromatic ring is 1. The predicted molar refractivity (Wildman–Crippen MR) is 83.0 cm³/mol. The van der Waals surface area contributed by atoms with Gasteiger partial charge in [-0.1, -0.05) is 24.3 Å². The third kappa shape index (κ3) is 3.06. The lowest BCUT2D eigenvalue weighted by Gasteiger charge is -2.27. The minimum absolute atomic E-state index is 0.0654. The summed E-state index contributed by atoms with van der Waals surface area (Å²) in [6.07, 6.45) is 0. The van der Waals surface area contributed by atoms with E-state index in [0.717, 1.165) is 16.8 Å². The van der Waals surface area contributed by atoms with E-state index in [1.54, 1.807) is 0 Å². The van der Waals surface area contributed by atoms with Crippen LogP contribution in [0.2, 0.25) is 0 Å². The van der Waals surface area contributed by atoms with E-state index in [4.69, 9.17) is 10.5 Å². The molecule has 0 aliphatic carbocycles. The van der Waals surface area contributed by atoms with Gasteiger partial charge in [0, 0.05) is 24.3 Å². The number of morpholine rings is 1. The Morgan fingerprint density at radius 3 is 2.43 bits per heavy atom. The van der Waals surface area contributed by atoms with Crippen LogP contribution >= 0.6 is 0 Å². The lowest BCUT2D eigenvalue weighted by atomic mass is 10.0. The number of carbonyl (C=O) groups excluding carboxylic acids is 1. The number of benzene rings is 2. The molecule has 1 amide bonds. The fraction of sp³-hybridized carbons (Fsp3) is 0.235. The smallest absolute Gasteiger partial charge is 0.254 e. The average molecular weight is 282 g/mol. The summed E-state index contributed by atoms with van der Waals surface area (Å²) in [4.78, 5) is 14.3. The van der Waals surface area contributed by atoms with Gasteiger partial charge in [-0.2, -0.15) is 0 Å². The number of anilines is 1. The number of hydrogen-bond acceptors (Lipinski definition) is 3. The van der Waals surface area contributed by atoms with E-state index in [1.165, 1.54) is 0 Å². The molecule has 0 radical (unpaired) electrons. The van der Waals surface area contributed by atoms with Gasteiger partial charge in [0.15, 0.2) is 0 Å². The van der Waals surface area contributed by atoms with Gasteiger partial charge in [0.05, 0.1) is 13.2 Å². The fourth-order valence-electron chi connectivity index (χ4n) is 2.46. The Kier molecular flexibility index (Phi) is 3.88. The Morgan fingerprint density at radius 2 is 1.71 bits per heavy atom. The Morgan fingerprint density at radius 1 is 1.00 bits per heavy atom. The van der Waals surface area contributed by atoms with Gasteiger partial charge in [0.1, 0.15) is 0 Å². The molecule has 0 bridgehead atoms. The van der Waals surface area contributed by atoms with Gasteiger partial charge >= 0.3 is 0 Å². The van der Waals surface area contributed by atoms with Crippen molar-refractivity contribution in [3.63, 3.8) is 0 Å². The highest BCUT2D eigenvalue weighted by atomic mass is 16.5. The zero-order chi connectivity index (χ0) is 14.7. The van der Waals surface area contributed by atoms with E-state index in [-0.39, 0.29) is 5.91 Å². The van der Waals surface area contributed by atoms with Gasteiger partial charge in [-0.3, -0.25) is 4.79 Å². The molecule has 0 unspecified atom stereocenters. The first kappa shape index (κ1) is 13.6. The number of nitrogens with zero attached hydrogens (tertiary/aromatic N) is 1.